The molecule has 0 aliphatic rings. The summed E-state index contributed by atoms with van der Waals surface area (Å²) in [5.41, 5.74) is 1.70. The van der Waals surface area contributed by atoms with E-state index in [1.807, 2.05) is 43.3 Å². The highest BCUT2D eigenvalue weighted by Gasteiger charge is 2.12. The Morgan fingerprint density at radius 3 is 2.77 bits per heavy atom. The molecule has 0 aliphatic carbocycles. The Kier molecular flexibility index (Phi) is 5.33. The second-order valence-electron chi connectivity index (χ2n) is 5.38. The average Bonchev–Trinajstić information content (AvgIpc) is 3.29. The molecular formula is C18H18N4O3S. The maximum atomic E-state index is 5.35. The fourth-order valence-corrected chi connectivity index (χ4v) is 2.52. The smallest absolute Gasteiger partial charge is 0.216 e. The van der Waals surface area contributed by atoms with E-state index in [2.05, 4.69) is 15.3 Å². The molecule has 0 saturated carbocycles. The second kappa shape index (κ2) is 7.83. The highest BCUT2D eigenvalue weighted by molar-refractivity contribution is 7.71. The van der Waals surface area contributed by atoms with E-state index in [9.17, 15) is 0 Å². The van der Waals surface area contributed by atoms with Gasteiger partial charge in [0.2, 0.25) is 4.77 Å². The molecule has 0 aliphatic heterocycles. The van der Waals surface area contributed by atoms with Crippen LogP contribution in [0.2, 0.25) is 0 Å². The lowest BCUT2D eigenvalue weighted by molar-refractivity contribution is 0.355. The van der Waals surface area contributed by atoms with E-state index >= 15 is 0 Å². The largest absolute Gasteiger partial charge is 0.493 e. The molecule has 134 valence electrons. The van der Waals surface area contributed by atoms with Crippen molar-refractivity contribution in [2.24, 2.45) is 5.10 Å². The molecular weight excluding hydrogens is 352 g/mol. The second-order valence-corrected chi connectivity index (χ2v) is 5.77. The molecule has 0 fully saturated rings. The minimum Gasteiger partial charge on any atom is -0.493 e. The number of hydrogen-bond acceptors (Lipinski definition) is 6. The van der Waals surface area contributed by atoms with Gasteiger partial charge in [0.25, 0.3) is 0 Å². The summed E-state index contributed by atoms with van der Waals surface area (Å²) in [5.74, 6) is 2.56. The predicted octanol–water partition coefficient (Wildman–Crippen LogP) is 4.16. The van der Waals surface area contributed by atoms with Crippen molar-refractivity contribution >= 4 is 24.5 Å². The van der Waals surface area contributed by atoms with Gasteiger partial charge in [0, 0.05) is 5.56 Å². The Labute approximate surface area is 155 Å². The lowest BCUT2D eigenvalue weighted by atomic mass is 10.2. The van der Waals surface area contributed by atoms with Gasteiger partial charge in [-0.1, -0.05) is 0 Å². The Bertz CT molecular complexity index is 1000. The molecule has 2 aromatic heterocycles. The van der Waals surface area contributed by atoms with Crippen molar-refractivity contribution in [1.82, 2.24) is 14.9 Å². The number of ether oxygens (including phenoxy) is 2. The Morgan fingerprint density at radius 1 is 1.27 bits per heavy atom. The van der Waals surface area contributed by atoms with Crippen molar-refractivity contribution in [1.29, 1.82) is 0 Å². The molecule has 1 aromatic carbocycles. The lowest BCUT2D eigenvalue weighted by Gasteiger charge is -2.09. The van der Waals surface area contributed by atoms with Crippen LogP contribution in [-0.2, 0) is 0 Å². The number of benzene rings is 1. The third-order valence-electron chi connectivity index (χ3n) is 3.58. The molecule has 3 aromatic rings. The van der Waals surface area contributed by atoms with Gasteiger partial charge in [0.15, 0.2) is 17.3 Å². The standard InChI is InChI=1S/C18H18N4O3S/c1-12(9-14-5-4-8-25-14)11-19-22-17(20-21-18(22)26)13-6-7-15(23-2)16(10-13)24-3/h4-11H,1-3H3,(H,21,26)/b12-9-,19-11-. The Balaban J connectivity index is 1.95. The van der Waals surface area contributed by atoms with E-state index in [1.165, 1.54) is 0 Å². The summed E-state index contributed by atoms with van der Waals surface area (Å²) in [4.78, 5) is 0. The Morgan fingerprint density at radius 2 is 2.08 bits per heavy atom. The van der Waals surface area contributed by atoms with E-state index in [0.29, 0.717) is 22.1 Å². The summed E-state index contributed by atoms with van der Waals surface area (Å²) < 4.78 is 17.8. The number of nitrogens with zero attached hydrogens (tertiary/aromatic N) is 3. The van der Waals surface area contributed by atoms with Crippen LogP contribution >= 0.6 is 12.2 Å². The monoisotopic (exact) mass is 370 g/mol. The van der Waals surface area contributed by atoms with Crippen LogP contribution in [0.25, 0.3) is 17.5 Å². The van der Waals surface area contributed by atoms with Gasteiger partial charge >= 0.3 is 0 Å². The van der Waals surface area contributed by atoms with Crippen molar-refractivity contribution in [3.8, 4) is 22.9 Å². The zero-order chi connectivity index (χ0) is 18.5. The fourth-order valence-electron chi connectivity index (χ4n) is 2.34. The maximum Gasteiger partial charge on any atom is 0.216 e. The number of H-pyrrole nitrogens is 1. The van der Waals surface area contributed by atoms with Crippen molar-refractivity contribution < 1.29 is 13.9 Å². The molecule has 26 heavy (non-hydrogen) atoms. The number of methoxy groups -OCH3 is 2. The molecule has 8 heteroatoms. The van der Waals surface area contributed by atoms with Crippen molar-refractivity contribution in [2.45, 2.75) is 6.92 Å². The van der Waals surface area contributed by atoms with Gasteiger partial charge < -0.3 is 13.9 Å². The van der Waals surface area contributed by atoms with Crippen LogP contribution in [0.15, 0.2) is 51.7 Å². The van der Waals surface area contributed by atoms with Crippen molar-refractivity contribution in [2.75, 3.05) is 14.2 Å². The van der Waals surface area contributed by atoms with Crippen LogP contribution in [0.5, 0.6) is 11.5 Å². The van der Waals surface area contributed by atoms with E-state index in [-0.39, 0.29) is 0 Å². The van der Waals surface area contributed by atoms with Crippen LogP contribution in [0.3, 0.4) is 0 Å². The third-order valence-corrected chi connectivity index (χ3v) is 3.85. The number of rotatable bonds is 6. The highest BCUT2D eigenvalue weighted by atomic mass is 32.1. The third kappa shape index (κ3) is 3.75. The molecule has 0 amide bonds. The van der Waals surface area contributed by atoms with Gasteiger partial charge in [-0.25, -0.2) is 5.10 Å². The molecule has 0 bridgehead atoms. The molecule has 0 spiro atoms. The molecule has 1 N–H and O–H groups in total. The zero-order valence-electron chi connectivity index (χ0n) is 14.6. The normalized spacial score (nSPS) is 11.9. The highest BCUT2D eigenvalue weighted by Crippen LogP contribution is 2.31. The molecule has 0 atom stereocenters. The van der Waals surface area contributed by atoms with Crippen molar-refractivity contribution in [3.63, 3.8) is 0 Å². The van der Waals surface area contributed by atoms with Gasteiger partial charge in [-0.3, -0.25) is 0 Å². The number of aromatic amines is 1. The molecule has 2 heterocycles. The van der Waals surface area contributed by atoms with E-state index in [0.717, 1.165) is 16.9 Å². The quantitative estimate of drug-likeness (QED) is 0.521. The van der Waals surface area contributed by atoms with E-state index < -0.39 is 0 Å². The van der Waals surface area contributed by atoms with Gasteiger partial charge in [-0.2, -0.15) is 14.9 Å². The molecule has 7 nitrogen and oxygen atoms in total. The topological polar surface area (TPSA) is 77.6 Å². The lowest BCUT2D eigenvalue weighted by Crippen LogP contribution is -1.96. The molecule has 0 saturated heterocycles. The summed E-state index contributed by atoms with van der Waals surface area (Å²) in [5, 5.41) is 11.5. The van der Waals surface area contributed by atoms with Crippen LogP contribution in [0, 0.1) is 4.77 Å². The summed E-state index contributed by atoms with van der Waals surface area (Å²) in [6, 6.07) is 9.20. The van der Waals surface area contributed by atoms with Gasteiger partial charge in [-0.15, -0.1) is 0 Å². The van der Waals surface area contributed by atoms with E-state index in [1.54, 1.807) is 31.4 Å². The summed E-state index contributed by atoms with van der Waals surface area (Å²) in [6.45, 7) is 1.92. The van der Waals surface area contributed by atoms with Gasteiger partial charge in [0.1, 0.15) is 5.76 Å². The minimum absolute atomic E-state index is 0.386. The van der Waals surface area contributed by atoms with Crippen LogP contribution in [-0.4, -0.2) is 35.3 Å². The van der Waals surface area contributed by atoms with Gasteiger partial charge in [0.05, 0.1) is 26.7 Å². The molecule has 0 unspecified atom stereocenters. The Hall–Kier alpha value is -3.13. The maximum absolute atomic E-state index is 5.35. The summed E-state index contributed by atoms with van der Waals surface area (Å²) in [6.07, 6.45) is 5.19. The number of furan rings is 1. The first-order valence-corrected chi connectivity index (χ1v) is 8.19. The summed E-state index contributed by atoms with van der Waals surface area (Å²) >= 11 is 5.29. The zero-order valence-corrected chi connectivity index (χ0v) is 15.4. The number of allylic oxidation sites excluding steroid dienone is 1. The minimum atomic E-state index is 0.386. The fraction of sp³-hybridized carbons (Fsp3) is 0.167. The molecule has 3 rings (SSSR count). The number of aromatic nitrogens is 3. The summed E-state index contributed by atoms with van der Waals surface area (Å²) in [7, 11) is 3.17. The SMILES string of the molecule is COc1ccc(-c2n[nH]c(=S)n2/N=C\C(C)=C/c2ccco2)cc1OC. The number of hydrogen-bond donors (Lipinski definition) is 1. The van der Waals surface area contributed by atoms with Crippen LogP contribution in [0.1, 0.15) is 12.7 Å². The van der Waals surface area contributed by atoms with Crippen LogP contribution < -0.4 is 9.47 Å². The average molecular weight is 370 g/mol. The predicted molar refractivity (Wildman–Crippen MR) is 102 cm³/mol. The first-order chi connectivity index (χ1) is 12.6. The van der Waals surface area contributed by atoms with Crippen LogP contribution in [0.4, 0.5) is 0 Å². The van der Waals surface area contributed by atoms with Gasteiger partial charge in [-0.05, 0) is 61.1 Å². The first kappa shape index (κ1) is 17.7. The first-order valence-electron chi connectivity index (χ1n) is 7.78. The van der Waals surface area contributed by atoms with E-state index in [4.69, 9.17) is 26.1 Å². The molecule has 0 radical (unpaired) electrons. The number of nitrogens with one attached hydrogen (secondary N) is 1. The van der Waals surface area contributed by atoms with Crippen molar-refractivity contribution in [3.05, 3.63) is 52.7 Å².